The number of halogens is 5. The Bertz CT molecular complexity index is 1430. The van der Waals surface area contributed by atoms with Crippen LogP contribution in [0.5, 0.6) is 0 Å². The van der Waals surface area contributed by atoms with Crippen LogP contribution in [0.2, 0.25) is 0 Å². The molecule has 0 radical (unpaired) electrons. The maximum Gasteiger partial charge on any atom is 0.433 e. The second-order valence-electron chi connectivity index (χ2n) is 10.2. The predicted octanol–water partition coefficient (Wildman–Crippen LogP) is 4.26. The molecule has 3 aromatic heterocycles. The van der Waals surface area contributed by atoms with Gasteiger partial charge in [-0.25, -0.2) is 9.07 Å². The van der Waals surface area contributed by atoms with Crippen LogP contribution >= 0.6 is 0 Å². The topological polar surface area (TPSA) is 124 Å². The van der Waals surface area contributed by atoms with Crippen molar-refractivity contribution >= 4 is 17.5 Å². The Hall–Kier alpha value is -4.17. The van der Waals surface area contributed by atoms with Crippen molar-refractivity contribution < 1.29 is 31.5 Å². The minimum atomic E-state index is -4.57. The Morgan fingerprint density at radius 3 is 2.57 bits per heavy atom. The molecule has 1 atom stereocenters. The quantitative estimate of drug-likeness (QED) is 0.320. The van der Waals surface area contributed by atoms with Gasteiger partial charge in [0.05, 0.1) is 18.4 Å². The number of aryl methyl sites for hydroxylation is 1. The van der Waals surface area contributed by atoms with Crippen LogP contribution in [0.15, 0.2) is 41.6 Å². The Morgan fingerprint density at radius 1 is 1.12 bits per heavy atom. The van der Waals surface area contributed by atoms with Gasteiger partial charge >= 0.3 is 6.18 Å². The number of nitrogens with one attached hydrogen (secondary N) is 2. The smallest absolute Gasteiger partial charge is 0.346 e. The number of alkyl halides is 4. The summed E-state index contributed by atoms with van der Waals surface area (Å²) in [6, 6.07) is 3.25. The van der Waals surface area contributed by atoms with Crippen molar-refractivity contribution in [1.82, 2.24) is 29.9 Å². The number of hydrogen-bond donors (Lipinski definition) is 2. The van der Waals surface area contributed by atoms with Gasteiger partial charge in [0.1, 0.15) is 11.9 Å². The van der Waals surface area contributed by atoms with E-state index in [0.717, 1.165) is 53.6 Å². The maximum absolute atomic E-state index is 14.6. The van der Waals surface area contributed by atoms with E-state index in [0.29, 0.717) is 5.56 Å². The van der Waals surface area contributed by atoms with E-state index in [2.05, 4.69) is 25.9 Å². The van der Waals surface area contributed by atoms with Crippen LogP contribution in [0.25, 0.3) is 0 Å². The first-order valence-electron chi connectivity index (χ1n) is 13.5. The molecule has 0 saturated heterocycles. The zero-order valence-electron chi connectivity index (χ0n) is 22.5. The summed E-state index contributed by atoms with van der Waals surface area (Å²) in [5.74, 6) is -1.89. The third kappa shape index (κ3) is 8.42. The highest BCUT2D eigenvalue weighted by atomic mass is 19.4. The highest BCUT2D eigenvalue weighted by Gasteiger charge is 2.32. The third-order valence-electron chi connectivity index (χ3n) is 6.99. The molecule has 2 amide bonds. The Kier molecular flexibility index (Phi) is 10.0. The second kappa shape index (κ2) is 13.7. The van der Waals surface area contributed by atoms with Crippen molar-refractivity contribution in [1.29, 1.82) is 0 Å². The van der Waals surface area contributed by atoms with Gasteiger partial charge in [0.2, 0.25) is 11.7 Å². The number of amides is 2. The van der Waals surface area contributed by atoms with E-state index in [-0.39, 0.29) is 55.7 Å². The van der Waals surface area contributed by atoms with Crippen LogP contribution in [0.4, 0.5) is 27.6 Å². The molecule has 0 aliphatic heterocycles. The van der Waals surface area contributed by atoms with E-state index in [4.69, 9.17) is 0 Å². The van der Waals surface area contributed by atoms with Gasteiger partial charge < -0.3 is 15.2 Å². The van der Waals surface area contributed by atoms with Gasteiger partial charge in [0, 0.05) is 31.9 Å². The maximum atomic E-state index is 14.6. The van der Waals surface area contributed by atoms with Crippen LogP contribution in [0.1, 0.15) is 66.7 Å². The van der Waals surface area contributed by atoms with Gasteiger partial charge in [-0.1, -0.05) is 30.5 Å². The molecule has 0 aromatic carbocycles. The van der Waals surface area contributed by atoms with Gasteiger partial charge in [-0.2, -0.15) is 17.6 Å². The van der Waals surface area contributed by atoms with Crippen molar-refractivity contribution in [3.8, 4) is 0 Å². The van der Waals surface area contributed by atoms with Gasteiger partial charge in [0.25, 0.3) is 11.5 Å². The lowest BCUT2D eigenvalue weighted by Crippen LogP contribution is -2.27. The summed E-state index contributed by atoms with van der Waals surface area (Å²) in [6.45, 7) is -0.553. The Balaban J connectivity index is 1.23. The first-order valence-corrected chi connectivity index (χ1v) is 13.5. The van der Waals surface area contributed by atoms with Gasteiger partial charge in [-0.05, 0) is 42.9 Å². The number of pyridine rings is 2. The zero-order chi connectivity index (χ0) is 30.3. The molecule has 3 aromatic rings. The van der Waals surface area contributed by atoms with Crippen LogP contribution in [-0.4, -0.2) is 42.5 Å². The van der Waals surface area contributed by atoms with Crippen LogP contribution in [0.3, 0.4) is 0 Å². The minimum absolute atomic E-state index is 0.114. The molecular weight excluding hydrogens is 565 g/mol. The fourth-order valence-electron chi connectivity index (χ4n) is 4.71. The molecule has 0 bridgehead atoms. The first kappa shape index (κ1) is 30.8. The molecule has 0 spiro atoms. The number of carbonyl (C=O) groups is 2. The lowest BCUT2D eigenvalue weighted by Gasteiger charge is -2.20. The minimum Gasteiger partial charge on any atom is -0.346 e. The molecule has 15 heteroatoms. The normalized spacial score (nSPS) is 14.9. The summed E-state index contributed by atoms with van der Waals surface area (Å²) < 4.78 is 69.2. The lowest BCUT2D eigenvalue weighted by molar-refractivity contribution is -0.141. The summed E-state index contributed by atoms with van der Waals surface area (Å²) in [5, 5.41) is 12.3. The van der Waals surface area contributed by atoms with E-state index in [1.165, 1.54) is 24.5 Å². The van der Waals surface area contributed by atoms with E-state index >= 15 is 0 Å². The molecule has 1 aliphatic carbocycles. The van der Waals surface area contributed by atoms with Crippen molar-refractivity contribution in [2.75, 3.05) is 5.32 Å². The third-order valence-corrected chi connectivity index (χ3v) is 6.99. The molecule has 226 valence electrons. The van der Waals surface area contributed by atoms with E-state index in [9.17, 15) is 36.3 Å². The van der Waals surface area contributed by atoms with Crippen molar-refractivity contribution in [3.05, 3.63) is 69.9 Å². The second-order valence-corrected chi connectivity index (χ2v) is 10.2. The van der Waals surface area contributed by atoms with Crippen LogP contribution < -0.4 is 16.2 Å². The first-order chi connectivity index (χ1) is 20.0. The monoisotopic (exact) mass is 595 g/mol. The lowest BCUT2D eigenvalue weighted by atomic mass is 9.87. The Morgan fingerprint density at radius 2 is 1.88 bits per heavy atom. The highest BCUT2D eigenvalue weighted by molar-refractivity contribution is 5.92. The molecule has 4 rings (SSSR count). The molecule has 1 unspecified atom stereocenters. The van der Waals surface area contributed by atoms with Gasteiger partial charge in [-0.3, -0.25) is 19.4 Å². The van der Waals surface area contributed by atoms with Crippen LogP contribution in [-0.2, 0) is 30.6 Å². The summed E-state index contributed by atoms with van der Waals surface area (Å²) in [7, 11) is 0. The number of rotatable bonds is 11. The van der Waals surface area contributed by atoms with E-state index in [1.54, 1.807) is 0 Å². The average Bonchev–Trinajstić information content (AvgIpc) is 3.42. The molecule has 42 heavy (non-hydrogen) atoms. The number of nitrogens with zero attached hydrogens (tertiary/aromatic N) is 5. The molecule has 10 nitrogen and oxygen atoms in total. The Labute approximate surface area is 237 Å². The number of carbonyl (C=O) groups excluding carboxylic acids is 2. The summed E-state index contributed by atoms with van der Waals surface area (Å²) in [5.41, 5.74) is -2.06. The summed E-state index contributed by atoms with van der Waals surface area (Å²) >= 11 is 0. The molecule has 1 fully saturated rings. The number of hydrogen-bond acceptors (Lipinski definition) is 6. The predicted molar refractivity (Wildman–Crippen MR) is 140 cm³/mol. The highest BCUT2D eigenvalue weighted by Crippen LogP contribution is 2.28. The largest absolute Gasteiger partial charge is 0.433 e. The van der Waals surface area contributed by atoms with Crippen LogP contribution in [0, 0.1) is 11.7 Å². The van der Waals surface area contributed by atoms with Crippen molar-refractivity contribution in [3.63, 3.8) is 0 Å². The molecule has 2 N–H and O–H groups in total. The summed E-state index contributed by atoms with van der Waals surface area (Å²) in [4.78, 5) is 40.3. The van der Waals surface area contributed by atoms with E-state index in [1.807, 2.05) is 0 Å². The molecule has 1 saturated carbocycles. The van der Waals surface area contributed by atoms with Gasteiger partial charge in [-0.15, -0.1) is 5.10 Å². The number of anilines is 1. The van der Waals surface area contributed by atoms with Crippen molar-refractivity contribution in [2.45, 2.75) is 76.9 Å². The van der Waals surface area contributed by atoms with E-state index < -0.39 is 35.3 Å². The zero-order valence-corrected chi connectivity index (χ0v) is 22.5. The average molecular weight is 596 g/mol. The fourth-order valence-corrected chi connectivity index (χ4v) is 4.71. The van der Waals surface area contributed by atoms with Gasteiger partial charge in [0.15, 0.2) is 5.69 Å². The molecule has 3 heterocycles. The summed E-state index contributed by atoms with van der Waals surface area (Å²) in [6.07, 6.45) is 2.68. The molecule has 1 aliphatic rings. The molecular formula is C27H30F5N7O3. The standard InChI is InChI=1S/C27H30F5N7O3/c28-19(8-10-38-11-9-20(24(29)26(38)42)35-23(40)12-17-4-2-1-3-5-17)15-39-16-21(36-37-39)25(41)34-14-18-6-7-22(33-13-18)27(30,31)32/h6-7,9,11,13,16-17,19H,1-5,8,10,12,14-15H2,(H,34,41)(H,35,40). The van der Waals surface area contributed by atoms with Crippen molar-refractivity contribution in [2.24, 2.45) is 5.92 Å². The fraction of sp³-hybridized carbons (Fsp3) is 0.481. The number of aromatic nitrogens is 5. The SMILES string of the molecule is O=C(CC1CCCCC1)Nc1ccn(CCC(F)Cn2cc(C(=O)NCc3ccc(C(F)(F)F)nc3)nn2)c(=O)c1F.